The fraction of sp³-hybridized carbons (Fsp3) is 0.917. The lowest BCUT2D eigenvalue weighted by Crippen LogP contribution is -2.42. The molecule has 0 aromatic rings. The summed E-state index contributed by atoms with van der Waals surface area (Å²) in [6.07, 6.45) is 6.23. The second-order valence-electron chi connectivity index (χ2n) is 4.65. The van der Waals surface area contributed by atoms with Gasteiger partial charge in [0.1, 0.15) is 0 Å². The molecule has 0 aromatic heterocycles. The van der Waals surface area contributed by atoms with E-state index in [1.807, 2.05) is 18.9 Å². The van der Waals surface area contributed by atoms with E-state index in [1.165, 1.54) is 32.1 Å². The lowest BCUT2D eigenvalue weighted by Gasteiger charge is -2.35. The van der Waals surface area contributed by atoms with Gasteiger partial charge in [-0.2, -0.15) is 0 Å². The number of hydrogen-bond donors (Lipinski definition) is 0. The van der Waals surface area contributed by atoms with Crippen LogP contribution in [-0.2, 0) is 4.79 Å². The number of rotatable bonds is 3. The lowest BCUT2D eigenvalue weighted by atomic mass is 9.84. The molecule has 0 spiro atoms. The first kappa shape index (κ1) is 13.0. The van der Waals surface area contributed by atoms with Crippen molar-refractivity contribution in [1.29, 1.82) is 0 Å². The van der Waals surface area contributed by atoms with Gasteiger partial charge in [0, 0.05) is 13.1 Å². The summed E-state index contributed by atoms with van der Waals surface area (Å²) >= 11 is 3.34. The topological polar surface area (TPSA) is 20.3 Å². The van der Waals surface area contributed by atoms with Crippen LogP contribution in [0.25, 0.3) is 0 Å². The van der Waals surface area contributed by atoms with Gasteiger partial charge in [0.2, 0.25) is 5.91 Å². The Morgan fingerprint density at radius 3 is 2.33 bits per heavy atom. The molecule has 15 heavy (non-hydrogen) atoms. The highest BCUT2D eigenvalue weighted by molar-refractivity contribution is 9.10. The summed E-state index contributed by atoms with van der Waals surface area (Å²) in [6, 6.07) is 0.473. The Balaban J connectivity index is 2.42. The van der Waals surface area contributed by atoms with Crippen LogP contribution >= 0.6 is 15.9 Å². The highest BCUT2D eigenvalue weighted by atomic mass is 79.9. The van der Waals surface area contributed by atoms with Crippen LogP contribution in [0.1, 0.15) is 46.0 Å². The lowest BCUT2D eigenvalue weighted by molar-refractivity contribution is -0.131. The molecule has 0 aromatic carbocycles. The van der Waals surface area contributed by atoms with Crippen LogP contribution < -0.4 is 0 Å². The predicted octanol–water partition coefficient (Wildman–Crippen LogP) is 3.20. The first-order chi connectivity index (χ1) is 7.06. The van der Waals surface area contributed by atoms with Crippen molar-refractivity contribution in [2.24, 2.45) is 5.92 Å². The van der Waals surface area contributed by atoms with Gasteiger partial charge in [-0.05, 0) is 38.5 Å². The van der Waals surface area contributed by atoms with Crippen LogP contribution in [0.3, 0.4) is 0 Å². The molecule has 3 heteroatoms. The van der Waals surface area contributed by atoms with E-state index in [9.17, 15) is 4.79 Å². The number of alkyl halides is 1. The number of halogens is 1. The zero-order valence-electron chi connectivity index (χ0n) is 10.0. The van der Waals surface area contributed by atoms with Crippen LogP contribution in [0.4, 0.5) is 0 Å². The van der Waals surface area contributed by atoms with Gasteiger partial charge >= 0.3 is 0 Å². The molecule has 1 fully saturated rings. The highest BCUT2D eigenvalue weighted by Crippen LogP contribution is 2.29. The van der Waals surface area contributed by atoms with Crippen molar-refractivity contribution >= 4 is 21.8 Å². The van der Waals surface area contributed by atoms with E-state index < -0.39 is 0 Å². The minimum Gasteiger partial charge on any atom is -0.342 e. The minimum atomic E-state index is -0.0496. The van der Waals surface area contributed by atoms with Gasteiger partial charge in [-0.3, -0.25) is 4.79 Å². The average molecular weight is 276 g/mol. The van der Waals surface area contributed by atoms with E-state index in [0.717, 1.165) is 5.92 Å². The second-order valence-corrected chi connectivity index (χ2v) is 6.02. The van der Waals surface area contributed by atoms with Gasteiger partial charge in [0.25, 0.3) is 0 Å². The van der Waals surface area contributed by atoms with Crippen molar-refractivity contribution in [2.75, 3.05) is 7.05 Å². The quantitative estimate of drug-likeness (QED) is 0.725. The third-order valence-corrected chi connectivity index (χ3v) is 4.02. The monoisotopic (exact) mass is 275 g/mol. The van der Waals surface area contributed by atoms with Crippen molar-refractivity contribution in [3.05, 3.63) is 0 Å². The van der Waals surface area contributed by atoms with Crippen molar-refractivity contribution in [1.82, 2.24) is 4.90 Å². The van der Waals surface area contributed by atoms with E-state index >= 15 is 0 Å². The van der Waals surface area contributed by atoms with Crippen LogP contribution in [0, 0.1) is 5.92 Å². The molecule has 0 saturated heterocycles. The molecular weight excluding hydrogens is 254 g/mol. The maximum Gasteiger partial charge on any atom is 0.236 e. The molecule has 2 nitrogen and oxygen atoms in total. The number of nitrogens with zero attached hydrogens (tertiary/aromatic N) is 1. The van der Waals surface area contributed by atoms with Crippen LogP contribution in [0.5, 0.6) is 0 Å². The molecule has 1 saturated carbocycles. The highest BCUT2D eigenvalue weighted by Gasteiger charge is 2.27. The predicted molar refractivity (Wildman–Crippen MR) is 67.2 cm³/mol. The van der Waals surface area contributed by atoms with Crippen LogP contribution in [-0.4, -0.2) is 28.7 Å². The summed E-state index contributed by atoms with van der Waals surface area (Å²) in [6.45, 7) is 4.16. The summed E-state index contributed by atoms with van der Waals surface area (Å²) in [7, 11) is 1.94. The Kier molecular flexibility index (Phi) is 5.10. The zero-order valence-corrected chi connectivity index (χ0v) is 11.6. The van der Waals surface area contributed by atoms with Crippen molar-refractivity contribution in [3.8, 4) is 0 Å². The molecule has 1 aliphatic carbocycles. The van der Waals surface area contributed by atoms with Crippen LogP contribution in [0.2, 0.25) is 0 Å². The summed E-state index contributed by atoms with van der Waals surface area (Å²) < 4.78 is 0. The molecule has 1 atom stereocenters. The van der Waals surface area contributed by atoms with Gasteiger partial charge in [0.05, 0.1) is 4.83 Å². The fourth-order valence-corrected chi connectivity index (χ4v) is 2.72. The van der Waals surface area contributed by atoms with Gasteiger partial charge in [-0.15, -0.1) is 0 Å². The minimum absolute atomic E-state index is 0.0496. The molecule has 0 aliphatic heterocycles. The molecule has 88 valence electrons. The normalized spacial score (nSPS) is 28.5. The Labute approximate surface area is 102 Å². The molecule has 0 radical (unpaired) electrons. The summed E-state index contributed by atoms with van der Waals surface area (Å²) in [4.78, 5) is 13.7. The average Bonchev–Trinajstić information content (AvgIpc) is 2.27. The van der Waals surface area contributed by atoms with Gasteiger partial charge in [-0.1, -0.05) is 29.3 Å². The van der Waals surface area contributed by atoms with Gasteiger partial charge in [-0.25, -0.2) is 0 Å². The van der Waals surface area contributed by atoms with E-state index in [2.05, 4.69) is 22.9 Å². The van der Waals surface area contributed by atoms with E-state index in [0.29, 0.717) is 6.04 Å². The summed E-state index contributed by atoms with van der Waals surface area (Å²) in [5, 5.41) is 0. The smallest absolute Gasteiger partial charge is 0.236 e. The van der Waals surface area contributed by atoms with Gasteiger partial charge in [0.15, 0.2) is 0 Å². The van der Waals surface area contributed by atoms with E-state index in [-0.39, 0.29) is 10.7 Å². The summed E-state index contributed by atoms with van der Waals surface area (Å²) in [5.74, 6) is 1.11. The zero-order chi connectivity index (χ0) is 11.4. The summed E-state index contributed by atoms with van der Waals surface area (Å²) in [5.41, 5.74) is 0. The Hall–Kier alpha value is -0.0500. The van der Waals surface area contributed by atoms with Crippen molar-refractivity contribution in [3.63, 3.8) is 0 Å². The van der Waals surface area contributed by atoms with Crippen molar-refractivity contribution in [2.45, 2.75) is 56.8 Å². The number of carbonyl (C=O) groups is 1. The third-order valence-electron chi connectivity index (χ3n) is 3.63. The van der Waals surface area contributed by atoms with E-state index in [4.69, 9.17) is 0 Å². The standard InChI is InChI=1S/C12H22BrNO/c1-4-10-5-7-11(8-6-10)14(3)12(15)9(2)13/h9-11H,4-8H2,1-3H3. The molecule has 0 heterocycles. The van der Waals surface area contributed by atoms with E-state index in [1.54, 1.807) is 0 Å². The van der Waals surface area contributed by atoms with Crippen LogP contribution in [0.15, 0.2) is 0 Å². The third kappa shape index (κ3) is 3.47. The Bertz CT molecular complexity index is 210. The largest absolute Gasteiger partial charge is 0.342 e. The Morgan fingerprint density at radius 2 is 1.93 bits per heavy atom. The first-order valence-electron chi connectivity index (χ1n) is 5.97. The molecule has 0 bridgehead atoms. The Morgan fingerprint density at radius 1 is 1.40 bits per heavy atom. The molecule has 1 amide bonds. The SMILES string of the molecule is CCC1CCC(N(C)C(=O)C(C)Br)CC1. The number of carbonyl (C=O) groups excluding carboxylic acids is 1. The van der Waals surface area contributed by atoms with Gasteiger partial charge < -0.3 is 4.90 Å². The number of hydrogen-bond acceptors (Lipinski definition) is 1. The molecule has 1 aliphatic rings. The first-order valence-corrected chi connectivity index (χ1v) is 6.88. The molecule has 1 unspecified atom stereocenters. The molecule has 0 N–H and O–H groups in total. The number of amides is 1. The molecular formula is C12H22BrNO. The maximum absolute atomic E-state index is 11.8. The fourth-order valence-electron chi connectivity index (χ4n) is 2.40. The van der Waals surface area contributed by atoms with Crippen molar-refractivity contribution < 1.29 is 4.79 Å². The maximum atomic E-state index is 11.8. The second kappa shape index (κ2) is 5.88. The molecule has 1 rings (SSSR count).